The normalized spacial score (nSPS) is 13.0. The highest BCUT2D eigenvalue weighted by molar-refractivity contribution is 5.86. The number of rotatable bonds is 4. The molecule has 0 saturated heterocycles. The minimum Gasteiger partial charge on any atom is -0.489 e. The SMILES string of the molecule is Cc1c(C)c2ccc3c(c2oc1=O)CN(c1ccc(OCc2ccccc2)cc1)CO3. The van der Waals surface area contributed by atoms with Crippen LogP contribution in [0.5, 0.6) is 11.5 Å². The van der Waals surface area contributed by atoms with Crippen molar-refractivity contribution in [2.75, 3.05) is 11.6 Å². The van der Waals surface area contributed by atoms with Crippen molar-refractivity contribution < 1.29 is 13.9 Å². The molecule has 0 N–H and O–H groups in total. The fourth-order valence-corrected chi connectivity index (χ4v) is 3.87. The van der Waals surface area contributed by atoms with Crippen LogP contribution in [0.15, 0.2) is 75.9 Å². The molecule has 156 valence electrons. The molecule has 0 amide bonds. The zero-order valence-electron chi connectivity index (χ0n) is 17.6. The molecule has 0 unspecified atom stereocenters. The number of anilines is 1. The van der Waals surface area contributed by atoms with Gasteiger partial charge in [0.25, 0.3) is 0 Å². The van der Waals surface area contributed by atoms with Crippen LogP contribution in [0.3, 0.4) is 0 Å². The van der Waals surface area contributed by atoms with Crippen molar-refractivity contribution in [1.29, 1.82) is 0 Å². The summed E-state index contributed by atoms with van der Waals surface area (Å²) in [7, 11) is 0. The maximum Gasteiger partial charge on any atom is 0.339 e. The van der Waals surface area contributed by atoms with Gasteiger partial charge in [0.05, 0.1) is 12.1 Å². The largest absolute Gasteiger partial charge is 0.489 e. The Kier molecular flexibility index (Phi) is 4.86. The third-order valence-corrected chi connectivity index (χ3v) is 5.86. The molecule has 0 fully saturated rings. The van der Waals surface area contributed by atoms with Crippen LogP contribution in [-0.4, -0.2) is 6.73 Å². The molecule has 0 radical (unpaired) electrons. The lowest BCUT2D eigenvalue weighted by Crippen LogP contribution is -2.32. The number of benzene rings is 3. The van der Waals surface area contributed by atoms with Gasteiger partial charge in [0.2, 0.25) is 0 Å². The standard InChI is InChI=1S/C26H23NO4/c1-17-18(2)26(28)31-25-22(17)12-13-24-23(25)14-27(16-30-24)20-8-10-21(11-9-20)29-15-19-6-4-3-5-7-19/h3-13H,14-16H2,1-2H3. The highest BCUT2D eigenvalue weighted by Crippen LogP contribution is 2.35. The van der Waals surface area contributed by atoms with Gasteiger partial charge in [-0.2, -0.15) is 0 Å². The highest BCUT2D eigenvalue weighted by atomic mass is 16.5. The minimum absolute atomic E-state index is 0.296. The van der Waals surface area contributed by atoms with E-state index in [2.05, 4.69) is 4.90 Å². The predicted molar refractivity (Wildman–Crippen MR) is 121 cm³/mol. The van der Waals surface area contributed by atoms with Crippen LogP contribution in [0.1, 0.15) is 22.3 Å². The van der Waals surface area contributed by atoms with E-state index in [1.807, 2.05) is 73.7 Å². The molecule has 0 spiro atoms. The van der Waals surface area contributed by atoms with Crippen LogP contribution in [-0.2, 0) is 13.2 Å². The Morgan fingerprint density at radius 2 is 1.71 bits per heavy atom. The van der Waals surface area contributed by atoms with Crippen molar-refractivity contribution in [2.24, 2.45) is 0 Å². The van der Waals surface area contributed by atoms with E-state index in [0.29, 0.717) is 31.0 Å². The van der Waals surface area contributed by atoms with Crippen LogP contribution >= 0.6 is 0 Å². The second kappa shape index (κ2) is 7.84. The summed E-state index contributed by atoms with van der Waals surface area (Å²) in [6, 6.07) is 22.0. The molecular weight excluding hydrogens is 390 g/mol. The Morgan fingerprint density at radius 3 is 2.48 bits per heavy atom. The molecule has 0 atom stereocenters. The van der Waals surface area contributed by atoms with E-state index in [9.17, 15) is 4.79 Å². The Morgan fingerprint density at radius 1 is 0.935 bits per heavy atom. The molecule has 0 saturated carbocycles. The van der Waals surface area contributed by atoms with Gasteiger partial charge >= 0.3 is 5.63 Å². The number of nitrogens with zero attached hydrogens (tertiary/aromatic N) is 1. The van der Waals surface area contributed by atoms with E-state index >= 15 is 0 Å². The summed E-state index contributed by atoms with van der Waals surface area (Å²) < 4.78 is 17.5. The van der Waals surface area contributed by atoms with Crippen molar-refractivity contribution >= 4 is 16.7 Å². The van der Waals surface area contributed by atoms with Gasteiger partial charge in [-0.25, -0.2) is 4.79 Å². The molecule has 1 aliphatic rings. The lowest BCUT2D eigenvalue weighted by molar-refractivity contribution is 0.288. The molecule has 1 aromatic heterocycles. The summed E-state index contributed by atoms with van der Waals surface area (Å²) in [5.41, 5.74) is 4.95. The van der Waals surface area contributed by atoms with Gasteiger partial charge in [-0.1, -0.05) is 30.3 Å². The molecule has 3 aromatic carbocycles. The van der Waals surface area contributed by atoms with Gasteiger partial charge in [0.1, 0.15) is 23.7 Å². The van der Waals surface area contributed by atoms with Crippen LogP contribution in [0, 0.1) is 13.8 Å². The smallest absolute Gasteiger partial charge is 0.339 e. The monoisotopic (exact) mass is 413 g/mol. The molecule has 0 aliphatic carbocycles. The fourth-order valence-electron chi connectivity index (χ4n) is 3.87. The number of aryl methyl sites for hydroxylation is 1. The third kappa shape index (κ3) is 3.63. The van der Waals surface area contributed by atoms with Gasteiger partial charge in [-0.15, -0.1) is 0 Å². The quantitative estimate of drug-likeness (QED) is 0.423. The average Bonchev–Trinajstić information content (AvgIpc) is 2.82. The second-order valence-corrected chi connectivity index (χ2v) is 7.80. The molecule has 1 aliphatic heterocycles. The summed E-state index contributed by atoms with van der Waals surface area (Å²) in [6.07, 6.45) is 0. The summed E-state index contributed by atoms with van der Waals surface area (Å²) in [5, 5.41) is 0.950. The summed E-state index contributed by atoms with van der Waals surface area (Å²) in [4.78, 5) is 14.4. The Bertz CT molecular complexity index is 1290. The molecule has 5 rings (SSSR count). The molecule has 5 heteroatoms. The van der Waals surface area contributed by atoms with Crippen LogP contribution in [0.4, 0.5) is 5.69 Å². The zero-order valence-corrected chi connectivity index (χ0v) is 17.6. The first-order valence-corrected chi connectivity index (χ1v) is 10.3. The predicted octanol–water partition coefficient (Wildman–Crippen LogP) is 5.35. The van der Waals surface area contributed by atoms with E-state index in [1.54, 1.807) is 6.92 Å². The van der Waals surface area contributed by atoms with Gasteiger partial charge in [0.15, 0.2) is 6.73 Å². The van der Waals surface area contributed by atoms with Gasteiger partial charge in [0, 0.05) is 16.6 Å². The number of hydrogen-bond donors (Lipinski definition) is 0. The van der Waals surface area contributed by atoms with E-state index in [-0.39, 0.29) is 5.63 Å². The zero-order chi connectivity index (χ0) is 21.4. The van der Waals surface area contributed by atoms with E-state index in [4.69, 9.17) is 13.9 Å². The average molecular weight is 413 g/mol. The molecule has 5 nitrogen and oxygen atoms in total. The fraction of sp³-hybridized carbons (Fsp3) is 0.192. The van der Waals surface area contributed by atoms with E-state index in [0.717, 1.165) is 39.3 Å². The second-order valence-electron chi connectivity index (χ2n) is 7.80. The van der Waals surface area contributed by atoms with Crippen molar-refractivity contribution in [3.63, 3.8) is 0 Å². The van der Waals surface area contributed by atoms with Crippen molar-refractivity contribution in [1.82, 2.24) is 0 Å². The maximum atomic E-state index is 12.3. The third-order valence-electron chi connectivity index (χ3n) is 5.86. The Hall–Kier alpha value is -3.73. The van der Waals surface area contributed by atoms with Crippen molar-refractivity contribution in [2.45, 2.75) is 27.0 Å². The maximum absolute atomic E-state index is 12.3. The van der Waals surface area contributed by atoms with Crippen molar-refractivity contribution in [3.05, 3.63) is 99.4 Å². The first-order chi connectivity index (χ1) is 15.1. The van der Waals surface area contributed by atoms with Gasteiger partial charge in [-0.05, 0) is 61.4 Å². The Labute approximate surface area is 180 Å². The first kappa shape index (κ1) is 19.2. The van der Waals surface area contributed by atoms with Gasteiger partial charge < -0.3 is 18.8 Å². The van der Waals surface area contributed by atoms with Gasteiger partial charge in [-0.3, -0.25) is 0 Å². The minimum atomic E-state index is -0.296. The summed E-state index contributed by atoms with van der Waals surface area (Å²) in [5.74, 6) is 1.58. The summed E-state index contributed by atoms with van der Waals surface area (Å²) >= 11 is 0. The first-order valence-electron chi connectivity index (χ1n) is 10.3. The molecule has 4 aromatic rings. The number of ether oxygens (including phenoxy) is 2. The van der Waals surface area contributed by atoms with Crippen LogP contribution in [0.25, 0.3) is 11.0 Å². The lowest BCUT2D eigenvalue weighted by atomic mass is 10.0. The van der Waals surface area contributed by atoms with E-state index in [1.165, 1.54) is 0 Å². The lowest BCUT2D eigenvalue weighted by Gasteiger charge is -2.31. The number of hydrogen-bond acceptors (Lipinski definition) is 5. The van der Waals surface area contributed by atoms with Crippen molar-refractivity contribution in [3.8, 4) is 11.5 Å². The Balaban J connectivity index is 1.38. The molecule has 2 heterocycles. The molecule has 0 bridgehead atoms. The summed E-state index contributed by atoms with van der Waals surface area (Å²) in [6.45, 7) is 5.31. The number of fused-ring (bicyclic) bond motifs is 3. The molecular formula is C26H23NO4. The van der Waals surface area contributed by atoms with Crippen LogP contribution in [0.2, 0.25) is 0 Å². The topological polar surface area (TPSA) is 51.9 Å². The highest BCUT2D eigenvalue weighted by Gasteiger charge is 2.23. The molecule has 31 heavy (non-hydrogen) atoms. The van der Waals surface area contributed by atoms with Crippen LogP contribution < -0.4 is 20.0 Å². The van der Waals surface area contributed by atoms with E-state index < -0.39 is 0 Å².